The van der Waals surface area contributed by atoms with E-state index >= 15 is 0 Å². The molecule has 0 saturated carbocycles. The van der Waals surface area contributed by atoms with E-state index in [1.54, 1.807) is 0 Å². The molecule has 3 rings (SSSR count). The molecule has 0 aromatic carbocycles. The van der Waals surface area contributed by atoms with Crippen LogP contribution < -0.4 is 10.2 Å². The van der Waals surface area contributed by atoms with Crippen molar-refractivity contribution in [1.29, 1.82) is 0 Å². The molecular weight excluding hydrogens is 294 g/mol. The van der Waals surface area contributed by atoms with E-state index in [0.717, 1.165) is 50.7 Å². The maximum absolute atomic E-state index is 12.4. The highest BCUT2D eigenvalue weighted by molar-refractivity contribution is 5.79. The van der Waals surface area contributed by atoms with Gasteiger partial charge in [0.15, 0.2) is 0 Å². The highest BCUT2D eigenvalue weighted by atomic mass is 16.5. The van der Waals surface area contributed by atoms with Gasteiger partial charge in [-0.05, 0) is 20.3 Å². The van der Waals surface area contributed by atoms with Crippen LogP contribution in [0, 0.1) is 12.8 Å². The van der Waals surface area contributed by atoms with E-state index in [9.17, 15) is 4.79 Å². The fourth-order valence-corrected chi connectivity index (χ4v) is 3.09. The van der Waals surface area contributed by atoms with Crippen LogP contribution in [0.15, 0.2) is 6.07 Å². The molecule has 23 heavy (non-hydrogen) atoms. The second-order valence-corrected chi connectivity index (χ2v) is 6.09. The number of ether oxygens (including phenoxy) is 1. The normalized spacial score (nSPS) is 21.6. The van der Waals surface area contributed by atoms with Gasteiger partial charge in [0.1, 0.15) is 5.82 Å². The van der Waals surface area contributed by atoms with Gasteiger partial charge in [-0.1, -0.05) is 0 Å². The predicted octanol–water partition coefficient (Wildman–Crippen LogP) is 0.902. The van der Waals surface area contributed by atoms with Crippen molar-refractivity contribution in [2.75, 3.05) is 56.2 Å². The first kappa shape index (κ1) is 16.0. The van der Waals surface area contributed by atoms with Crippen molar-refractivity contribution in [3.05, 3.63) is 11.8 Å². The molecule has 0 bridgehead atoms. The summed E-state index contributed by atoms with van der Waals surface area (Å²) in [6.45, 7) is 9.20. The largest absolute Gasteiger partial charge is 0.381 e. The number of piperazine rings is 1. The molecule has 0 spiro atoms. The Morgan fingerprint density at radius 2 is 2.13 bits per heavy atom. The van der Waals surface area contributed by atoms with Gasteiger partial charge in [-0.2, -0.15) is 4.98 Å². The molecule has 1 N–H and O–H groups in total. The SMILES string of the molecule is CCNc1nc(C)cc(N2CCN(C(=O)C3CCOC3)CC2)n1. The molecule has 3 heterocycles. The van der Waals surface area contributed by atoms with Gasteiger partial charge < -0.3 is 19.9 Å². The van der Waals surface area contributed by atoms with Crippen LogP contribution >= 0.6 is 0 Å². The van der Waals surface area contributed by atoms with Gasteiger partial charge in [-0.15, -0.1) is 0 Å². The number of hydrogen-bond donors (Lipinski definition) is 1. The molecule has 126 valence electrons. The number of rotatable bonds is 4. The fourth-order valence-electron chi connectivity index (χ4n) is 3.09. The third kappa shape index (κ3) is 3.72. The summed E-state index contributed by atoms with van der Waals surface area (Å²) in [5.74, 6) is 1.91. The highest BCUT2D eigenvalue weighted by Gasteiger charge is 2.30. The third-order valence-corrected chi connectivity index (χ3v) is 4.37. The van der Waals surface area contributed by atoms with E-state index in [4.69, 9.17) is 4.74 Å². The van der Waals surface area contributed by atoms with Crippen LogP contribution in [0.1, 0.15) is 19.0 Å². The van der Waals surface area contributed by atoms with Crippen molar-refractivity contribution in [1.82, 2.24) is 14.9 Å². The molecule has 0 aliphatic carbocycles. The summed E-state index contributed by atoms with van der Waals surface area (Å²) in [4.78, 5) is 25.6. The summed E-state index contributed by atoms with van der Waals surface area (Å²) in [5.41, 5.74) is 0.951. The lowest BCUT2D eigenvalue weighted by atomic mass is 10.1. The van der Waals surface area contributed by atoms with Gasteiger partial charge in [0, 0.05) is 51.1 Å². The lowest BCUT2D eigenvalue weighted by molar-refractivity contribution is -0.135. The molecule has 1 unspecified atom stereocenters. The summed E-state index contributed by atoms with van der Waals surface area (Å²) >= 11 is 0. The van der Waals surface area contributed by atoms with E-state index in [1.165, 1.54) is 0 Å². The first-order valence-electron chi connectivity index (χ1n) is 8.38. The van der Waals surface area contributed by atoms with E-state index in [1.807, 2.05) is 24.8 Å². The number of anilines is 2. The molecule has 2 aliphatic rings. The van der Waals surface area contributed by atoms with E-state index in [-0.39, 0.29) is 11.8 Å². The quantitative estimate of drug-likeness (QED) is 0.889. The summed E-state index contributed by atoms with van der Waals surface area (Å²) in [6.07, 6.45) is 0.857. The molecule has 1 atom stereocenters. The van der Waals surface area contributed by atoms with Crippen molar-refractivity contribution in [2.24, 2.45) is 5.92 Å². The van der Waals surface area contributed by atoms with Crippen LogP contribution in [0.2, 0.25) is 0 Å². The van der Waals surface area contributed by atoms with E-state index in [2.05, 4.69) is 20.2 Å². The van der Waals surface area contributed by atoms with Gasteiger partial charge in [-0.3, -0.25) is 4.79 Å². The maximum atomic E-state index is 12.4. The van der Waals surface area contributed by atoms with Crippen LogP contribution in [0.25, 0.3) is 0 Å². The van der Waals surface area contributed by atoms with Crippen molar-refractivity contribution in [2.45, 2.75) is 20.3 Å². The second-order valence-electron chi connectivity index (χ2n) is 6.09. The zero-order chi connectivity index (χ0) is 16.2. The molecule has 2 fully saturated rings. The topological polar surface area (TPSA) is 70.6 Å². The molecule has 1 aromatic heterocycles. The van der Waals surface area contributed by atoms with Gasteiger partial charge in [0.2, 0.25) is 11.9 Å². The Balaban J connectivity index is 1.61. The second kappa shape index (κ2) is 7.12. The summed E-state index contributed by atoms with van der Waals surface area (Å²) < 4.78 is 5.33. The Labute approximate surface area is 137 Å². The number of carbonyl (C=O) groups is 1. The number of amides is 1. The number of aryl methyl sites for hydroxylation is 1. The minimum atomic E-state index is 0.0585. The van der Waals surface area contributed by atoms with Gasteiger partial charge in [0.25, 0.3) is 0 Å². The standard InChI is InChI=1S/C16H25N5O2/c1-3-17-16-18-12(2)10-14(19-16)20-5-7-21(8-6-20)15(22)13-4-9-23-11-13/h10,13H,3-9,11H2,1-2H3,(H,17,18,19). The number of carbonyl (C=O) groups excluding carboxylic acids is 1. The summed E-state index contributed by atoms with van der Waals surface area (Å²) in [7, 11) is 0. The molecule has 2 saturated heterocycles. The smallest absolute Gasteiger partial charge is 0.228 e. The van der Waals surface area contributed by atoms with Gasteiger partial charge in [0.05, 0.1) is 12.5 Å². The molecule has 0 radical (unpaired) electrons. The van der Waals surface area contributed by atoms with Crippen LogP contribution in [-0.2, 0) is 9.53 Å². The van der Waals surface area contributed by atoms with Crippen molar-refractivity contribution in [3.63, 3.8) is 0 Å². The molecule has 7 heteroatoms. The Morgan fingerprint density at radius 1 is 1.35 bits per heavy atom. The predicted molar refractivity (Wildman–Crippen MR) is 88.7 cm³/mol. The van der Waals surface area contributed by atoms with Crippen LogP contribution in [0.3, 0.4) is 0 Å². The van der Waals surface area contributed by atoms with Crippen LogP contribution in [0.4, 0.5) is 11.8 Å². The Morgan fingerprint density at radius 3 is 2.78 bits per heavy atom. The number of aromatic nitrogens is 2. The van der Waals surface area contributed by atoms with Crippen molar-refractivity contribution in [3.8, 4) is 0 Å². The molecule has 7 nitrogen and oxygen atoms in total. The van der Waals surface area contributed by atoms with Gasteiger partial charge in [-0.25, -0.2) is 4.98 Å². The van der Waals surface area contributed by atoms with Crippen molar-refractivity contribution >= 4 is 17.7 Å². The Kier molecular flexibility index (Phi) is 4.95. The summed E-state index contributed by atoms with van der Waals surface area (Å²) in [5, 5.41) is 3.16. The number of hydrogen-bond acceptors (Lipinski definition) is 6. The van der Waals surface area contributed by atoms with Gasteiger partial charge >= 0.3 is 0 Å². The minimum absolute atomic E-state index is 0.0585. The van der Waals surface area contributed by atoms with E-state index in [0.29, 0.717) is 19.2 Å². The monoisotopic (exact) mass is 319 g/mol. The maximum Gasteiger partial charge on any atom is 0.228 e. The average Bonchev–Trinajstić information content (AvgIpc) is 3.08. The average molecular weight is 319 g/mol. The lowest BCUT2D eigenvalue weighted by Crippen LogP contribution is -2.50. The molecule has 1 amide bonds. The first-order chi connectivity index (χ1) is 11.2. The third-order valence-electron chi connectivity index (χ3n) is 4.37. The van der Waals surface area contributed by atoms with Crippen LogP contribution in [0.5, 0.6) is 0 Å². The molecular formula is C16H25N5O2. The van der Waals surface area contributed by atoms with Crippen molar-refractivity contribution < 1.29 is 9.53 Å². The number of nitrogens with zero attached hydrogens (tertiary/aromatic N) is 4. The Bertz CT molecular complexity index is 551. The fraction of sp³-hybridized carbons (Fsp3) is 0.688. The van der Waals surface area contributed by atoms with E-state index < -0.39 is 0 Å². The first-order valence-corrected chi connectivity index (χ1v) is 8.38. The van der Waals surface area contributed by atoms with Crippen LogP contribution in [-0.4, -0.2) is 66.7 Å². The minimum Gasteiger partial charge on any atom is -0.381 e. The molecule has 1 aromatic rings. The lowest BCUT2D eigenvalue weighted by Gasteiger charge is -2.36. The number of nitrogens with one attached hydrogen (secondary N) is 1. The molecule has 2 aliphatic heterocycles. The Hall–Kier alpha value is -1.89. The zero-order valence-corrected chi connectivity index (χ0v) is 13.9. The highest BCUT2D eigenvalue weighted by Crippen LogP contribution is 2.20. The zero-order valence-electron chi connectivity index (χ0n) is 13.9. The summed E-state index contributed by atoms with van der Waals surface area (Å²) in [6, 6.07) is 2.00.